The van der Waals surface area contributed by atoms with Crippen molar-refractivity contribution in [3.63, 3.8) is 0 Å². The molecule has 0 aliphatic heterocycles. The number of alkyl halides is 4. The van der Waals surface area contributed by atoms with Crippen LogP contribution in [0.15, 0.2) is 30.0 Å². The zero-order chi connectivity index (χ0) is 18.9. The topological polar surface area (TPSA) is 108 Å². The molecule has 4 unspecified atom stereocenters. The number of nitrogens with two attached hydrogens (primary N) is 2. The molecule has 24 heavy (non-hydrogen) atoms. The molecule has 0 aromatic rings. The Kier molecular flexibility index (Phi) is 9.56. The summed E-state index contributed by atoms with van der Waals surface area (Å²) in [6.07, 6.45) is -5.59. The largest absolute Gasteiger partial charge is 0.409 e. The van der Waals surface area contributed by atoms with E-state index in [0.717, 1.165) is 12.2 Å². The molecule has 10 heteroatoms. The number of oxime groups is 1. The molecule has 0 amide bonds. The summed E-state index contributed by atoms with van der Waals surface area (Å²) in [7, 11) is 1.44. The number of hydrogen-bond donors (Lipinski definition) is 4. The molecule has 0 radical (unpaired) electrons. The van der Waals surface area contributed by atoms with Gasteiger partial charge >= 0.3 is 6.18 Å². The van der Waals surface area contributed by atoms with Gasteiger partial charge in [0, 0.05) is 24.9 Å². The minimum Gasteiger partial charge on any atom is -0.409 e. The highest BCUT2D eigenvalue weighted by Crippen LogP contribution is 2.24. The van der Waals surface area contributed by atoms with E-state index in [-0.39, 0.29) is 12.4 Å². The van der Waals surface area contributed by atoms with Crippen molar-refractivity contribution >= 4 is 5.84 Å². The van der Waals surface area contributed by atoms with Crippen LogP contribution in [-0.4, -0.2) is 59.3 Å². The highest BCUT2D eigenvalue weighted by atomic mass is 19.4. The monoisotopic (exact) mass is 356 g/mol. The number of hydrogen-bond acceptors (Lipinski definition) is 5. The van der Waals surface area contributed by atoms with Crippen LogP contribution in [0.4, 0.5) is 17.6 Å². The lowest BCUT2D eigenvalue weighted by atomic mass is 10.0. The number of rotatable bonds is 10. The Morgan fingerprint density at radius 1 is 1.42 bits per heavy atom. The third-order valence-corrected chi connectivity index (χ3v) is 3.46. The van der Waals surface area contributed by atoms with E-state index >= 15 is 0 Å². The Bertz CT molecular complexity index is 441. The van der Waals surface area contributed by atoms with Crippen LogP contribution in [-0.2, 0) is 0 Å². The van der Waals surface area contributed by atoms with E-state index in [0.29, 0.717) is 0 Å². The smallest absolute Gasteiger partial charge is 0.389 e. The van der Waals surface area contributed by atoms with E-state index in [9.17, 15) is 22.7 Å². The molecule has 4 atom stereocenters. The van der Waals surface area contributed by atoms with Crippen molar-refractivity contribution in [3.05, 3.63) is 24.8 Å². The Balaban J connectivity index is 4.87. The van der Waals surface area contributed by atoms with Crippen molar-refractivity contribution in [1.82, 2.24) is 4.90 Å². The Morgan fingerprint density at radius 2 is 2.00 bits per heavy atom. The van der Waals surface area contributed by atoms with Gasteiger partial charge in [-0.1, -0.05) is 11.2 Å². The molecule has 0 rings (SSSR count). The van der Waals surface area contributed by atoms with Crippen LogP contribution in [0.2, 0.25) is 0 Å². The van der Waals surface area contributed by atoms with Crippen LogP contribution >= 0.6 is 0 Å². The van der Waals surface area contributed by atoms with Crippen molar-refractivity contribution in [2.75, 3.05) is 13.6 Å². The van der Waals surface area contributed by atoms with Gasteiger partial charge in [-0.2, -0.15) is 13.2 Å². The predicted molar refractivity (Wildman–Crippen MR) is 83.0 cm³/mol. The second-order valence-corrected chi connectivity index (χ2v) is 5.38. The van der Waals surface area contributed by atoms with E-state index in [2.05, 4.69) is 11.7 Å². The normalized spacial score (nSPS) is 18.6. The molecular formula is C14H24F4N4O2. The second kappa shape index (κ2) is 10.3. The molecule has 6 nitrogen and oxygen atoms in total. The first-order chi connectivity index (χ1) is 11.0. The third kappa shape index (κ3) is 8.85. The van der Waals surface area contributed by atoms with Crippen molar-refractivity contribution in [1.29, 1.82) is 0 Å². The summed E-state index contributed by atoms with van der Waals surface area (Å²) in [6.45, 7) is 3.46. The fraction of sp³-hybridized carbons (Fsp3) is 0.643. The van der Waals surface area contributed by atoms with Gasteiger partial charge < -0.3 is 21.8 Å². The van der Waals surface area contributed by atoms with Crippen LogP contribution in [0.1, 0.15) is 12.8 Å². The minimum atomic E-state index is -4.38. The molecule has 0 bridgehead atoms. The van der Waals surface area contributed by atoms with Crippen molar-refractivity contribution in [2.24, 2.45) is 22.5 Å². The first kappa shape index (κ1) is 22.4. The first-order valence-corrected chi connectivity index (χ1v) is 7.14. The fourth-order valence-electron chi connectivity index (χ4n) is 2.10. The summed E-state index contributed by atoms with van der Waals surface area (Å²) in [4.78, 5) is 1.35. The van der Waals surface area contributed by atoms with Gasteiger partial charge in [-0.15, -0.1) is 6.58 Å². The zero-order valence-electron chi connectivity index (χ0n) is 13.3. The van der Waals surface area contributed by atoms with Gasteiger partial charge in [0.1, 0.15) is 12.4 Å². The predicted octanol–water partition coefficient (Wildman–Crippen LogP) is 1.35. The van der Waals surface area contributed by atoms with E-state index in [1.165, 1.54) is 18.0 Å². The van der Waals surface area contributed by atoms with Gasteiger partial charge in [0.05, 0.1) is 0 Å². The standard InChI is InChI=1S/C14H24F4N4O2/c1-3-9(10(15)4-5-12(19)21-24)8-22(2)11(13(20)23)6-7-14(16,17)18/h3-5,9-11,13,23-24H,1,6-8,20H2,2H3,(H2,19,21)/b5-4+. The number of amidine groups is 1. The molecule has 6 N–H and O–H groups in total. The Labute approximate surface area is 138 Å². The summed E-state index contributed by atoms with van der Waals surface area (Å²) in [5, 5.41) is 20.5. The average molecular weight is 356 g/mol. The van der Waals surface area contributed by atoms with Crippen LogP contribution < -0.4 is 11.5 Å². The minimum absolute atomic E-state index is 0.0258. The van der Waals surface area contributed by atoms with Gasteiger partial charge in [-0.25, -0.2) is 4.39 Å². The fourth-order valence-corrected chi connectivity index (χ4v) is 2.10. The van der Waals surface area contributed by atoms with Gasteiger partial charge in [-0.05, 0) is 25.6 Å². The number of aliphatic hydroxyl groups excluding tert-OH is 1. The molecular weight excluding hydrogens is 332 g/mol. The van der Waals surface area contributed by atoms with E-state index in [1.54, 1.807) is 0 Å². The molecule has 140 valence electrons. The molecule has 0 aromatic heterocycles. The zero-order valence-corrected chi connectivity index (χ0v) is 13.3. The van der Waals surface area contributed by atoms with E-state index in [1.807, 2.05) is 0 Å². The molecule has 0 aliphatic rings. The highest BCUT2D eigenvalue weighted by Gasteiger charge is 2.32. The third-order valence-electron chi connectivity index (χ3n) is 3.46. The van der Waals surface area contributed by atoms with Gasteiger partial charge in [0.2, 0.25) is 0 Å². The van der Waals surface area contributed by atoms with Gasteiger partial charge in [-0.3, -0.25) is 4.90 Å². The van der Waals surface area contributed by atoms with E-state index < -0.39 is 43.4 Å². The van der Waals surface area contributed by atoms with Crippen LogP contribution in [0.25, 0.3) is 0 Å². The molecule has 0 saturated heterocycles. The lowest BCUT2D eigenvalue weighted by molar-refractivity contribution is -0.140. The van der Waals surface area contributed by atoms with Crippen LogP contribution in [0, 0.1) is 5.92 Å². The number of likely N-dealkylation sites (N-methyl/N-ethyl adjacent to an activating group) is 1. The maximum atomic E-state index is 14.1. The maximum absolute atomic E-state index is 14.1. The Morgan fingerprint density at radius 3 is 2.42 bits per heavy atom. The first-order valence-electron chi connectivity index (χ1n) is 7.14. The molecule has 0 heterocycles. The van der Waals surface area contributed by atoms with Gasteiger partial charge in [0.25, 0.3) is 0 Å². The second-order valence-electron chi connectivity index (χ2n) is 5.38. The number of nitrogens with zero attached hydrogens (tertiary/aromatic N) is 2. The summed E-state index contributed by atoms with van der Waals surface area (Å²) in [6, 6.07) is -0.991. The number of allylic oxidation sites excluding steroid dienone is 1. The van der Waals surface area contributed by atoms with Gasteiger partial charge in [0.15, 0.2) is 5.84 Å². The molecule has 0 saturated carbocycles. The van der Waals surface area contributed by atoms with Crippen molar-refractivity contribution in [2.45, 2.75) is 37.5 Å². The Hall–Kier alpha value is -1.65. The SMILES string of the molecule is C=CC(CN(C)C(CCC(F)(F)F)C(N)O)C(F)/C=C/C(N)=N/O. The lowest BCUT2D eigenvalue weighted by Gasteiger charge is -2.33. The highest BCUT2D eigenvalue weighted by molar-refractivity contribution is 5.90. The molecule has 0 spiro atoms. The maximum Gasteiger partial charge on any atom is 0.389 e. The van der Waals surface area contributed by atoms with E-state index in [4.69, 9.17) is 16.7 Å². The summed E-state index contributed by atoms with van der Waals surface area (Å²) < 4.78 is 51.1. The number of halogens is 4. The molecule has 0 fully saturated rings. The van der Waals surface area contributed by atoms with Crippen molar-refractivity contribution in [3.8, 4) is 0 Å². The summed E-state index contributed by atoms with van der Waals surface area (Å²) in [5.74, 6) is -1.08. The summed E-state index contributed by atoms with van der Waals surface area (Å²) in [5.41, 5.74) is 10.5. The molecule has 0 aromatic carbocycles. The quantitative estimate of drug-likeness (QED) is 0.0899. The average Bonchev–Trinajstić information content (AvgIpc) is 2.48. The van der Waals surface area contributed by atoms with Crippen LogP contribution in [0.3, 0.4) is 0 Å². The summed E-state index contributed by atoms with van der Waals surface area (Å²) >= 11 is 0. The lowest BCUT2D eigenvalue weighted by Crippen LogP contribution is -2.48. The van der Waals surface area contributed by atoms with Crippen LogP contribution in [0.5, 0.6) is 0 Å². The molecule has 0 aliphatic carbocycles. The van der Waals surface area contributed by atoms with Crippen molar-refractivity contribution < 1.29 is 27.9 Å². The number of aliphatic hydroxyl groups is 1.